The van der Waals surface area contributed by atoms with Crippen LogP contribution in [0.3, 0.4) is 0 Å². The fourth-order valence-corrected chi connectivity index (χ4v) is 1.56. The van der Waals surface area contributed by atoms with Crippen molar-refractivity contribution >= 4 is 17.5 Å². The van der Waals surface area contributed by atoms with E-state index in [0.717, 1.165) is 0 Å². The lowest BCUT2D eigenvalue weighted by Crippen LogP contribution is -2.41. The van der Waals surface area contributed by atoms with Gasteiger partial charge in [0.15, 0.2) is 0 Å². The van der Waals surface area contributed by atoms with Gasteiger partial charge in [-0.15, -0.1) is 0 Å². The van der Waals surface area contributed by atoms with E-state index in [2.05, 4.69) is 5.32 Å². The number of aliphatic hydroxyl groups excluding tert-OH is 1. The highest BCUT2D eigenvalue weighted by Crippen LogP contribution is 2.19. The highest BCUT2D eigenvalue weighted by molar-refractivity contribution is 6.34. The second kappa shape index (κ2) is 5.98. The van der Waals surface area contributed by atoms with Crippen molar-refractivity contribution in [3.63, 3.8) is 0 Å². The van der Waals surface area contributed by atoms with Crippen molar-refractivity contribution in [2.45, 2.75) is 19.9 Å². The number of aliphatic hydroxyl groups is 1. The van der Waals surface area contributed by atoms with E-state index in [1.165, 1.54) is 18.2 Å². The Hall–Kier alpha value is -1.13. The van der Waals surface area contributed by atoms with Crippen molar-refractivity contribution in [2.24, 2.45) is 5.92 Å². The number of carbonyl (C=O) groups excluding carboxylic acids is 1. The number of hydrogen-bond acceptors (Lipinski definition) is 2. The molecule has 0 heterocycles. The Morgan fingerprint density at radius 3 is 2.71 bits per heavy atom. The maximum Gasteiger partial charge on any atom is 0.253 e. The predicted octanol–water partition coefficient (Wildman–Crippen LogP) is 2.23. The van der Waals surface area contributed by atoms with Crippen LogP contribution < -0.4 is 5.32 Å². The van der Waals surface area contributed by atoms with Gasteiger partial charge in [-0.3, -0.25) is 4.79 Å². The molecule has 0 aliphatic carbocycles. The second-order valence-corrected chi connectivity index (χ2v) is 4.49. The molecule has 1 atom stereocenters. The van der Waals surface area contributed by atoms with Crippen LogP contribution in [-0.2, 0) is 0 Å². The minimum atomic E-state index is -0.635. The van der Waals surface area contributed by atoms with Gasteiger partial charge in [0.05, 0.1) is 23.2 Å². The number of rotatable bonds is 4. The molecule has 0 unspecified atom stereocenters. The lowest BCUT2D eigenvalue weighted by Gasteiger charge is -2.20. The van der Waals surface area contributed by atoms with Gasteiger partial charge in [0.1, 0.15) is 5.82 Å². The van der Waals surface area contributed by atoms with E-state index in [4.69, 9.17) is 16.7 Å². The van der Waals surface area contributed by atoms with Crippen molar-refractivity contribution in [3.8, 4) is 0 Å². The third-order valence-corrected chi connectivity index (χ3v) is 2.90. The van der Waals surface area contributed by atoms with Gasteiger partial charge in [0, 0.05) is 0 Å². The molecule has 94 valence electrons. The Bertz CT molecular complexity index is 409. The summed E-state index contributed by atoms with van der Waals surface area (Å²) in [4.78, 5) is 11.8. The molecule has 1 rings (SSSR count). The first-order valence-electron chi connectivity index (χ1n) is 5.33. The predicted molar refractivity (Wildman–Crippen MR) is 64.6 cm³/mol. The van der Waals surface area contributed by atoms with Crippen molar-refractivity contribution < 1.29 is 14.3 Å². The molecule has 0 aliphatic rings. The Morgan fingerprint density at radius 2 is 2.18 bits per heavy atom. The summed E-state index contributed by atoms with van der Waals surface area (Å²) in [6.07, 6.45) is 0. The fourth-order valence-electron chi connectivity index (χ4n) is 1.35. The number of amides is 1. The molecular weight excluding hydrogens is 245 g/mol. The SMILES string of the molecule is CC(C)[C@@H](CO)NC(=O)c1cccc(F)c1Cl. The monoisotopic (exact) mass is 259 g/mol. The maximum absolute atomic E-state index is 13.2. The number of halogens is 2. The van der Waals surface area contributed by atoms with Gasteiger partial charge in [0.25, 0.3) is 5.91 Å². The highest BCUT2D eigenvalue weighted by Gasteiger charge is 2.19. The Kier molecular flexibility index (Phi) is 4.90. The molecule has 0 bridgehead atoms. The summed E-state index contributed by atoms with van der Waals surface area (Å²) < 4.78 is 13.2. The second-order valence-electron chi connectivity index (χ2n) is 4.11. The normalized spacial score (nSPS) is 12.6. The van der Waals surface area contributed by atoms with E-state index in [0.29, 0.717) is 0 Å². The summed E-state index contributed by atoms with van der Waals surface area (Å²) in [6, 6.07) is 3.67. The van der Waals surface area contributed by atoms with Gasteiger partial charge in [-0.25, -0.2) is 4.39 Å². The molecule has 0 aromatic heterocycles. The average molecular weight is 260 g/mol. The van der Waals surface area contributed by atoms with Crippen molar-refractivity contribution in [1.29, 1.82) is 0 Å². The molecule has 0 radical (unpaired) electrons. The van der Waals surface area contributed by atoms with Crippen LogP contribution in [-0.4, -0.2) is 23.7 Å². The number of benzene rings is 1. The Balaban J connectivity index is 2.86. The van der Waals surface area contributed by atoms with Crippen LogP contribution in [0, 0.1) is 11.7 Å². The molecule has 2 N–H and O–H groups in total. The van der Waals surface area contributed by atoms with Crippen LogP contribution in [0.15, 0.2) is 18.2 Å². The van der Waals surface area contributed by atoms with E-state index in [9.17, 15) is 9.18 Å². The van der Waals surface area contributed by atoms with Crippen LogP contribution in [0.1, 0.15) is 24.2 Å². The number of hydrogen-bond donors (Lipinski definition) is 2. The van der Waals surface area contributed by atoms with Crippen LogP contribution in [0.5, 0.6) is 0 Å². The first kappa shape index (κ1) is 13.9. The molecule has 0 saturated heterocycles. The fraction of sp³-hybridized carbons (Fsp3) is 0.417. The molecular formula is C12H15ClFNO2. The molecule has 1 aromatic carbocycles. The smallest absolute Gasteiger partial charge is 0.253 e. The minimum absolute atomic E-state index is 0.0748. The zero-order valence-electron chi connectivity index (χ0n) is 9.71. The van der Waals surface area contributed by atoms with Crippen LogP contribution in [0.4, 0.5) is 4.39 Å². The number of nitrogens with one attached hydrogen (secondary N) is 1. The molecule has 0 aliphatic heterocycles. The van der Waals surface area contributed by atoms with E-state index in [1.807, 2.05) is 13.8 Å². The molecule has 17 heavy (non-hydrogen) atoms. The van der Waals surface area contributed by atoms with Gasteiger partial charge in [-0.1, -0.05) is 31.5 Å². The average Bonchev–Trinajstić information content (AvgIpc) is 2.28. The van der Waals surface area contributed by atoms with Gasteiger partial charge >= 0.3 is 0 Å². The van der Waals surface area contributed by atoms with Gasteiger partial charge in [-0.2, -0.15) is 0 Å². The van der Waals surface area contributed by atoms with Crippen molar-refractivity contribution in [3.05, 3.63) is 34.6 Å². The molecule has 1 amide bonds. The zero-order chi connectivity index (χ0) is 13.0. The van der Waals surface area contributed by atoms with Crippen molar-refractivity contribution in [1.82, 2.24) is 5.32 Å². The minimum Gasteiger partial charge on any atom is -0.394 e. The van der Waals surface area contributed by atoms with E-state index in [1.54, 1.807) is 0 Å². The summed E-state index contributed by atoms with van der Waals surface area (Å²) in [6.45, 7) is 3.57. The summed E-state index contributed by atoms with van der Waals surface area (Å²) in [5.41, 5.74) is 0.0748. The third-order valence-electron chi connectivity index (χ3n) is 2.51. The molecule has 1 aromatic rings. The van der Waals surface area contributed by atoms with Gasteiger partial charge < -0.3 is 10.4 Å². The lowest BCUT2D eigenvalue weighted by molar-refractivity contribution is 0.0896. The molecule has 0 fully saturated rings. The molecule has 0 spiro atoms. The molecule has 0 saturated carbocycles. The first-order chi connectivity index (χ1) is 7.97. The van der Waals surface area contributed by atoms with E-state index < -0.39 is 11.7 Å². The molecule has 5 heteroatoms. The lowest BCUT2D eigenvalue weighted by atomic mass is 10.0. The topological polar surface area (TPSA) is 49.3 Å². The van der Waals surface area contributed by atoms with Crippen LogP contribution in [0.25, 0.3) is 0 Å². The van der Waals surface area contributed by atoms with Gasteiger partial charge in [0.2, 0.25) is 0 Å². The first-order valence-corrected chi connectivity index (χ1v) is 5.71. The quantitative estimate of drug-likeness (QED) is 0.871. The third kappa shape index (κ3) is 3.41. The van der Waals surface area contributed by atoms with Gasteiger partial charge in [-0.05, 0) is 18.1 Å². The summed E-state index contributed by atoms with van der Waals surface area (Å²) in [5, 5.41) is 11.5. The summed E-state index contributed by atoms with van der Waals surface area (Å²) >= 11 is 5.70. The van der Waals surface area contributed by atoms with E-state index >= 15 is 0 Å². The largest absolute Gasteiger partial charge is 0.394 e. The standard InChI is InChI=1S/C12H15ClFNO2/c1-7(2)10(6-16)15-12(17)8-4-3-5-9(14)11(8)13/h3-5,7,10,16H,6H2,1-2H3,(H,15,17)/t10-/m1/s1. The maximum atomic E-state index is 13.2. The van der Waals surface area contributed by atoms with Crippen molar-refractivity contribution in [2.75, 3.05) is 6.61 Å². The summed E-state index contributed by atoms with van der Waals surface area (Å²) in [7, 11) is 0. The Labute approximate surface area is 105 Å². The Morgan fingerprint density at radius 1 is 1.53 bits per heavy atom. The van der Waals surface area contributed by atoms with E-state index in [-0.39, 0.29) is 29.2 Å². The highest BCUT2D eigenvalue weighted by atomic mass is 35.5. The summed E-state index contributed by atoms with van der Waals surface area (Å²) in [5.74, 6) is -1.04. The zero-order valence-corrected chi connectivity index (χ0v) is 10.5. The van der Waals surface area contributed by atoms with Crippen LogP contribution >= 0.6 is 11.6 Å². The van der Waals surface area contributed by atoms with Crippen LogP contribution in [0.2, 0.25) is 5.02 Å². The molecule has 3 nitrogen and oxygen atoms in total. The number of carbonyl (C=O) groups is 1.